The van der Waals surface area contributed by atoms with Gasteiger partial charge in [0.1, 0.15) is 0 Å². The first kappa shape index (κ1) is 13.5. The van der Waals surface area contributed by atoms with Gasteiger partial charge in [-0.05, 0) is 26.0 Å². The molecular formula is C14H20N4O. The number of hydrogen-bond donors (Lipinski definition) is 1. The average molecular weight is 260 g/mol. The third-order valence-electron chi connectivity index (χ3n) is 2.97. The Morgan fingerprint density at radius 1 is 1.16 bits per heavy atom. The maximum Gasteiger partial charge on any atom is 0.172 e. The maximum atomic E-state index is 6.01. The van der Waals surface area contributed by atoms with Crippen LogP contribution in [0.15, 0.2) is 24.3 Å². The van der Waals surface area contributed by atoms with E-state index in [1.807, 2.05) is 31.2 Å². The first-order valence-electron chi connectivity index (χ1n) is 6.61. The summed E-state index contributed by atoms with van der Waals surface area (Å²) in [6, 6.07) is 7.75. The van der Waals surface area contributed by atoms with Gasteiger partial charge >= 0.3 is 0 Å². The Bertz CT molecular complexity index is 544. The number of hydrogen-bond acceptors (Lipinski definition) is 5. The minimum atomic E-state index is 0.469. The van der Waals surface area contributed by atoms with Crippen molar-refractivity contribution in [1.82, 2.24) is 9.97 Å². The van der Waals surface area contributed by atoms with Gasteiger partial charge < -0.3 is 15.4 Å². The molecule has 0 radical (unpaired) electrons. The highest BCUT2D eigenvalue weighted by atomic mass is 16.5. The molecule has 0 aliphatic carbocycles. The number of nitrogen functional groups attached to an aromatic ring is 1. The zero-order chi connectivity index (χ0) is 13.7. The molecule has 102 valence electrons. The Morgan fingerprint density at radius 2 is 1.84 bits per heavy atom. The van der Waals surface area contributed by atoms with Gasteiger partial charge in [-0.3, -0.25) is 0 Å². The molecule has 0 atom stereocenters. The zero-order valence-corrected chi connectivity index (χ0v) is 11.5. The van der Waals surface area contributed by atoms with Crippen molar-refractivity contribution >= 4 is 22.7 Å². The number of anilines is 2. The van der Waals surface area contributed by atoms with Crippen molar-refractivity contribution in [3.8, 4) is 0 Å². The molecule has 1 aromatic carbocycles. The smallest absolute Gasteiger partial charge is 0.172 e. The molecule has 1 aromatic heterocycles. The van der Waals surface area contributed by atoms with Crippen molar-refractivity contribution in [2.45, 2.75) is 13.8 Å². The zero-order valence-electron chi connectivity index (χ0n) is 11.5. The van der Waals surface area contributed by atoms with Gasteiger partial charge in [-0.15, -0.1) is 0 Å². The van der Waals surface area contributed by atoms with E-state index in [1.54, 1.807) is 0 Å². The summed E-state index contributed by atoms with van der Waals surface area (Å²) in [5.41, 5.74) is 7.70. The van der Waals surface area contributed by atoms with Gasteiger partial charge in [0, 0.05) is 19.7 Å². The van der Waals surface area contributed by atoms with E-state index >= 15 is 0 Å². The SMILES string of the molecule is CCOCCN(CC)c1nc2ccccc2nc1N. The van der Waals surface area contributed by atoms with Gasteiger partial charge in [0.2, 0.25) is 0 Å². The second-order valence-electron chi connectivity index (χ2n) is 4.20. The van der Waals surface area contributed by atoms with Gasteiger partial charge in [0.05, 0.1) is 17.6 Å². The third-order valence-corrected chi connectivity index (χ3v) is 2.97. The van der Waals surface area contributed by atoms with Gasteiger partial charge in [-0.1, -0.05) is 12.1 Å². The van der Waals surface area contributed by atoms with Crippen molar-refractivity contribution in [1.29, 1.82) is 0 Å². The molecular weight excluding hydrogens is 240 g/mol. The minimum absolute atomic E-state index is 0.469. The molecule has 0 bridgehead atoms. The van der Waals surface area contributed by atoms with Crippen LogP contribution in [0.1, 0.15) is 13.8 Å². The van der Waals surface area contributed by atoms with Gasteiger partial charge in [0.25, 0.3) is 0 Å². The van der Waals surface area contributed by atoms with Gasteiger partial charge in [0.15, 0.2) is 11.6 Å². The summed E-state index contributed by atoms with van der Waals surface area (Å²) in [6.07, 6.45) is 0. The van der Waals surface area contributed by atoms with E-state index in [4.69, 9.17) is 10.5 Å². The topological polar surface area (TPSA) is 64.3 Å². The lowest BCUT2D eigenvalue weighted by molar-refractivity contribution is 0.154. The largest absolute Gasteiger partial charge is 0.381 e. The first-order chi connectivity index (χ1) is 9.26. The summed E-state index contributed by atoms with van der Waals surface area (Å²) in [5.74, 6) is 1.21. The number of nitrogens with zero attached hydrogens (tertiary/aromatic N) is 3. The van der Waals surface area contributed by atoms with Crippen LogP contribution >= 0.6 is 0 Å². The predicted molar refractivity (Wildman–Crippen MR) is 78.3 cm³/mol. The first-order valence-corrected chi connectivity index (χ1v) is 6.61. The lowest BCUT2D eigenvalue weighted by Gasteiger charge is -2.22. The van der Waals surface area contributed by atoms with Crippen molar-refractivity contribution < 1.29 is 4.74 Å². The Hall–Kier alpha value is -1.88. The number of ether oxygens (including phenoxy) is 1. The second kappa shape index (κ2) is 6.33. The molecule has 0 spiro atoms. The van der Waals surface area contributed by atoms with E-state index in [-0.39, 0.29) is 0 Å². The van der Waals surface area contributed by atoms with Crippen molar-refractivity contribution in [2.75, 3.05) is 36.9 Å². The highest BCUT2D eigenvalue weighted by Crippen LogP contribution is 2.21. The standard InChI is InChI=1S/C14H20N4O/c1-3-18(9-10-19-4-2)14-13(15)16-11-7-5-6-8-12(11)17-14/h5-8H,3-4,9-10H2,1-2H3,(H2,15,16). The number of rotatable bonds is 6. The summed E-state index contributed by atoms with van der Waals surface area (Å²) in [6.45, 7) is 7.03. The average Bonchev–Trinajstić information content (AvgIpc) is 2.43. The fourth-order valence-electron chi connectivity index (χ4n) is 1.97. The molecule has 0 saturated heterocycles. The quantitative estimate of drug-likeness (QED) is 0.806. The summed E-state index contributed by atoms with van der Waals surface area (Å²) in [5, 5.41) is 0. The monoisotopic (exact) mass is 260 g/mol. The molecule has 0 aliphatic heterocycles. The molecule has 0 amide bonds. The van der Waals surface area contributed by atoms with Gasteiger partial charge in [-0.25, -0.2) is 9.97 Å². The van der Waals surface area contributed by atoms with E-state index in [1.165, 1.54) is 0 Å². The van der Waals surface area contributed by atoms with Crippen LogP contribution in [0, 0.1) is 0 Å². The fourth-order valence-corrected chi connectivity index (χ4v) is 1.97. The molecule has 1 heterocycles. The van der Waals surface area contributed by atoms with Crippen LogP contribution in [0.25, 0.3) is 11.0 Å². The Labute approximate surface area is 113 Å². The van der Waals surface area contributed by atoms with Crippen LogP contribution in [0.5, 0.6) is 0 Å². The van der Waals surface area contributed by atoms with E-state index in [0.29, 0.717) is 12.4 Å². The fraction of sp³-hybridized carbons (Fsp3) is 0.429. The van der Waals surface area contributed by atoms with Crippen LogP contribution in [-0.2, 0) is 4.74 Å². The Morgan fingerprint density at radius 3 is 2.47 bits per heavy atom. The number of benzene rings is 1. The molecule has 0 saturated carbocycles. The summed E-state index contributed by atoms with van der Waals surface area (Å²) < 4.78 is 5.38. The Balaban J connectivity index is 2.28. The number of likely N-dealkylation sites (N-methyl/N-ethyl adjacent to an activating group) is 1. The summed E-state index contributed by atoms with van der Waals surface area (Å²) >= 11 is 0. The van der Waals surface area contributed by atoms with Crippen LogP contribution in [0.3, 0.4) is 0 Å². The highest BCUT2D eigenvalue weighted by Gasteiger charge is 2.12. The van der Waals surface area contributed by atoms with Crippen molar-refractivity contribution in [3.05, 3.63) is 24.3 Å². The maximum absolute atomic E-state index is 6.01. The van der Waals surface area contributed by atoms with Crippen LogP contribution in [-0.4, -0.2) is 36.3 Å². The van der Waals surface area contributed by atoms with Crippen LogP contribution in [0.2, 0.25) is 0 Å². The van der Waals surface area contributed by atoms with Crippen LogP contribution < -0.4 is 10.6 Å². The molecule has 0 fully saturated rings. The molecule has 5 nitrogen and oxygen atoms in total. The number of nitrogens with two attached hydrogens (primary N) is 1. The lowest BCUT2D eigenvalue weighted by Crippen LogP contribution is -2.29. The molecule has 2 N–H and O–H groups in total. The molecule has 0 unspecified atom stereocenters. The third kappa shape index (κ3) is 3.12. The molecule has 19 heavy (non-hydrogen) atoms. The van der Waals surface area contributed by atoms with Crippen molar-refractivity contribution in [3.63, 3.8) is 0 Å². The minimum Gasteiger partial charge on any atom is -0.381 e. The Kier molecular flexibility index (Phi) is 4.52. The lowest BCUT2D eigenvalue weighted by atomic mass is 10.3. The van der Waals surface area contributed by atoms with E-state index in [2.05, 4.69) is 21.8 Å². The highest BCUT2D eigenvalue weighted by molar-refractivity contribution is 5.79. The summed E-state index contributed by atoms with van der Waals surface area (Å²) in [7, 11) is 0. The van der Waals surface area contributed by atoms with Crippen LogP contribution in [0.4, 0.5) is 11.6 Å². The molecule has 5 heteroatoms. The number of fused-ring (bicyclic) bond motifs is 1. The summed E-state index contributed by atoms with van der Waals surface area (Å²) in [4.78, 5) is 11.1. The number of para-hydroxylation sites is 2. The van der Waals surface area contributed by atoms with Gasteiger partial charge in [-0.2, -0.15) is 0 Å². The van der Waals surface area contributed by atoms with E-state index in [0.717, 1.165) is 36.5 Å². The van der Waals surface area contributed by atoms with E-state index in [9.17, 15) is 0 Å². The van der Waals surface area contributed by atoms with Crippen molar-refractivity contribution in [2.24, 2.45) is 0 Å². The molecule has 2 aromatic rings. The predicted octanol–water partition coefficient (Wildman–Crippen LogP) is 2.07. The second-order valence-corrected chi connectivity index (χ2v) is 4.20. The molecule has 2 rings (SSSR count). The number of aromatic nitrogens is 2. The molecule has 0 aliphatic rings. The van der Waals surface area contributed by atoms with E-state index < -0.39 is 0 Å². The normalized spacial score (nSPS) is 10.8.